The molecule has 0 rings (SSSR count). The van der Waals surface area contributed by atoms with Crippen LogP contribution in [0.3, 0.4) is 0 Å². The van der Waals surface area contributed by atoms with Gasteiger partial charge in [0.1, 0.15) is 17.3 Å². The molecule has 0 aliphatic carbocycles. The standard InChI is InChI=1S/2C6H11NO2S.C4H9NOS.C3H6O.3C2H6/c1-4(8)6(7)3-10-5(2)9;1-4(8)6(3-10)7-5(2)9;1-3(6)4(5)2-7;1-3(2)4;3*1-2/h6H,3,7H2,1-2H3;6,10H,3H2,1-2H3,(H,7,9);4,7H,2,5H2,1H3;1-2H3;3*1-2H3. The van der Waals surface area contributed by atoms with E-state index in [1.54, 1.807) is 0 Å². The van der Waals surface area contributed by atoms with E-state index in [9.17, 15) is 28.8 Å². The van der Waals surface area contributed by atoms with Gasteiger partial charge in [0, 0.05) is 31.1 Å². The van der Waals surface area contributed by atoms with E-state index in [0.717, 1.165) is 11.8 Å². The second-order valence-electron chi connectivity index (χ2n) is 6.37. The van der Waals surface area contributed by atoms with Crippen molar-refractivity contribution < 1.29 is 28.8 Å². The zero-order valence-electron chi connectivity index (χ0n) is 25.3. The van der Waals surface area contributed by atoms with Crippen LogP contribution >= 0.6 is 37.0 Å². The minimum absolute atomic E-state index is 0.00306. The van der Waals surface area contributed by atoms with E-state index in [4.69, 9.17) is 11.5 Å². The Balaban J connectivity index is -0.0000000626. The minimum Gasteiger partial charge on any atom is -0.346 e. The van der Waals surface area contributed by atoms with Gasteiger partial charge in [-0.25, -0.2) is 0 Å². The van der Waals surface area contributed by atoms with Gasteiger partial charge in [-0.05, 0) is 34.6 Å². The van der Waals surface area contributed by atoms with Crippen LogP contribution < -0.4 is 16.8 Å². The maximum absolute atomic E-state index is 10.6. The van der Waals surface area contributed by atoms with E-state index in [2.05, 4.69) is 30.6 Å². The zero-order chi connectivity index (χ0) is 31.7. The van der Waals surface area contributed by atoms with Crippen LogP contribution in [-0.2, 0) is 28.8 Å². The van der Waals surface area contributed by atoms with Crippen LogP contribution in [0.4, 0.5) is 0 Å². The summed E-state index contributed by atoms with van der Waals surface area (Å²) < 4.78 is 0. The van der Waals surface area contributed by atoms with Crippen LogP contribution in [-0.4, -0.2) is 69.5 Å². The van der Waals surface area contributed by atoms with Gasteiger partial charge in [-0.2, -0.15) is 25.3 Å². The molecule has 0 saturated heterocycles. The van der Waals surface area contributed by atoms with Crippen molar-refractivity contribution in [2.24, 2.45) is 11.5 Å². The molecule has 3 atom stereocenters. The van der Waals surface area contributed by atoms with Crippen molar-refractivity contribution in [2.75, 3.05) is 17.3 Å². The molecule has 0 fully saturated rings. The van der Waals surface area contributed by atoms with Gasteiger partial charge in [0.25, 0.3) is 0 Å². The van der Waals surface area contributed by atoms with Crippen molar-refractivity contribution in [2.45, 2.75) is 108 Å². The van der Waals surface area contributed by atoms with Crippen LogP contribution in [0.25, 0.3) is 0 Å². The third-order valence-corrected chi connectivity index (χ3v) is 4.45. The molecule has 0 aliphatic rings. The Morgan fingerprint density at radius 2 is 0.973 bits per heavy atom. The van der Waals surface area contributed by atoms with E-state index >= 15 is 0 Å². The summed E-state index contributed by atoms with van der Waals surface area (Å²) in [6.07, 6.45) is 0. The van der Waals surface area contributed by atoms with E-state index in [-0.39, 0.29) is 40.2 Å². The van der Waals surface area contributed by atoms with Crippen molar-refractivity contribution in [3.05, 3.63) is 0 Å². The number of carbonyl (C=O) groups excluding carboxylic acids is 6. The lowest BCUT2D eigenvalue weighted by atomic mass is 10.2. The normalized spacial score (nSPS) is 10.5. The minimum atomic E-state index is -0.492. The molecule has 37 heavy (non-hydrogen) atoms. The molecule has 0 spiro atoms. The Hall–Kier alpha value is -1.21. The van der Waals surface area contributed by atoms with Crippen LogP contribution in [0, 0.1) is 0 Å². The van der Waals surface area contributed by atoms with Gasteiger partial charge < -0.3 is 21.6 Å². The number of thiol groups is 2. The fraction of sp³-hybridized carbons (Fsp3) is 0.760. The molecule has 12 heteroatoms. The number of amides is 1. The van der Waals surface area contributed by atoms with Gasteiger partial charge in [-0.1, -0.05) is 53.3 Å². The number of carbonyl (C=O) groups is 6. The van der Waals surface area contributed by atoms with Crippen LogP contribution in [0.5, 0.6) is 0 Å². The van der Waals surface area contributed by atoms with Crippen LogP contribution in [0.1, 0.15) is 90.0 Å². The van der Waals surface area contributed by atoms with Gasteiger partial charge in [-0.15, -0.1) is 0 Å². The molecule has 0 aromatic heterocycles. The van der Waals surface area contributed by atoms with Crippen molar-refractivity contribution in [1.29, 1.82) is 0 Å². The first kappa shape index (κ1) is 52.3. The molecule has 1 amide bonds. The van der Waals surface area contributed by atoms with Crippen LogP contribution in [0.2, 0.25) is 0 Å². The zero-order valence-corrected chi connectivity index (χ0v) is 27.9. The SMILES string of the molecule is CC.CC.CC.CC(=O)C(N)CS.CC(=O)NC(CS)C(C)=O.CC(=O)SCC(N)C(C)=O.CC(C)=O. The summed E-state index contributed by atoms with van der Waals surface area (Å²) in [7, 11) is 0. The van der Waals surface area contributed by atoms with Crippen molar-refractivity contribution >= 4 is 71.2 Å². The monoisotopic (exact) mass is 589 g/mol. The Labute approximate surface area is 241 Å². The second kappa shape index (κ2) is 41.9. The Kier molecular flexibility index (Phi) is 59.2. The first-order chi connectivity index (χ1) is 17.0. The average molecular weight is 590 g/mol. The van der Waals surface area contributed by atoms with Gasteiger partial charge in [0.15, 0.2) is 10.9 Å². The molecular weight excluding hydrogens is 534 g/mol. The van der Waals surface area contributed by atoms with E-state index in [1.165, 1.54) is 48.5 Å². The number of hydrogen-bond acceptors (Lipinski definition) is 11. The topological polar surface area (TPSA) is 166 Å². The quantitative estimate of drug-likeness (QED) is 0.265. The summed E-state index contributed by atoms with van der Waals surface area (Å²) >= 11 is 8.79. The number of nitrogens with one attached hydrogen (secondary N) is 1. The van der Waals surface area contributed by atoms with Crippen molar-refractivity contribution in [1.82, 2.24) is 5.32 Å². The molecule has 9 nitrogen and oxygen atoms in total. The van der Waals surface area contributed by atoms with Crippen molar-refractivity contribution in [3.8, 4) is 0 Å². The van der Waals surface area contributed by atoms with Gasteiger partial charge in [0.05, 0.1) is 18.1 Å². The first-order valence-electron chi connectivity index (χ1n) is 12.1. The van der Waals surface area contributed by atoms with Gasteiger partial charge >= 0.3 is 0 Å². The lowest BCUT2D eigenvalue weighted by Crippen LogP contribution is -2.39. The highest BCUT2D eigenvalue weighted by Crippen LogP contribution is 2.02. The number of rotatable bonds is 8. The maximum Gasteiger partial charge on any atom is 0.217 e. The molecule has 0 aromatic carbocycles. The van der Waals surface area contributed by atoms with E-state index < -0.39 is 12.1 Å². The molecule has 3 unspecified atom stereocenters. The third kappa shape index (κ3) is 66.1. The summed E-state index contributed by atoms with van der Waals surface area (Å²) in [4.78, 5) is 61.6. The summed E-state index contributed by atoms with van der Waals surface area (Å²) in [6, 6.07) is -1.29. The number of nitrogens with two attached hydrogens (primary N) is 2. The number of hydrogen-bond donors (Lipinski definition) is 5. The Bertz CT molecular complexity index is 588. The summed E-state index contributed by atoms with van der Waals surface area (Å²) in [5.74, 6) is 1.01. The fourth-order valence-electron chi connectivity index (χ4n) is 0.974. The highest BCUT2D eigenvalue weighted by molar-refractivity contribution is 8.13. The molecule has 0 heterocycles. The highest BCUT2D eigenvalue weighted by atomic mass is 32.2. The summed E-state index contributed by atoms with van der Waals surface area (Å²) in [6.45, 7) is 22.2. The molecule has 224 valence electrons. The van der Waals surface area contributed by atoms with Crippen LogP contribution in [0.15, 0.2) is 0 Å². The summed E-state index contributed by atoms with van der Waals surface area (Å²) in [5, 5.41) is 2.46. The molecule has 5 N–H and O–H groups in total. The summed E-state index contributed by atoms with van der Waals surface area (Å²) in [5.41, 5.74) is 10.5. The lowest BCUT2D eigenvalue weighted by molar-refractivity contribution is -0.125. The first-order valence-corrected chi connectivity index (χ1v) is 14.4. The van der Waals surface area contributed by atoms with E-state index in [0.29, 0.717) is 17.3 Å². The third-order valence-electron chi connectivity index (χ3n) is 2.76. The smallest absolute Gasteiger partial charge is 0.217 e. The average Bonchev–Trinajstić information content (AvgIpc) is 2.84. The highest BCUT2D eigenvalue weighted by Gasteiger charge is 2.11. The molecule has 0 aromatic rings. The molecular formula is C25H55N3O6S3. The van der Waals surface area contributed by atoms with Crippen molar-refractivity contribution in [3.63, 3.8) is 0 Å². The van der Waals surface area contributed by atoms with Gasteiger partial charge in [0.2, 0.25) is 5.91 Å². The predicted octanol–water partition coefficient (Wildman–Crippen LogP) is 3.70. The largest absolute Gasteiger partial charge is 0.346 e. The lowest BCUT2D eigenvalue weighted by Gasteiger charge is -2.10. The maximum atomic E-state index is 10.6. The van der Waals surface area contributed by atoms with E-state index in [1.807, 2.05) is 41.5 Å². The number of Topliss-reactive ketones (excluding diaryl/α,β-unsaturated/α-hetero) is 4. The molecule has 0 bridgehead atoms. The molecule has 0 saturated carbocycles. The predicted molar refractivity (Wildman–Crippen MR) is 167 cm³/mol. The fourth-order valence-corrected chi connectivity index (χ4v) is 2.23. The Morgan fingerprint density at radius 3 is 1.08 bits per heavy atom. The molecule has 0 radical (unpaired) electrons. The van der Waals surface area contributed by atoms with Gasteiger partial charge in [-0.3, -0.25) is 24.0 Å². The second-order valence-corrected chi connectivity index (χ2v) is 8.30. The number of thioether (sulfide) groups is 1. The molecule has 0 aliphatic heterocycles. The number of ketones is 4. The Morgan fingerprint density at radius 1 is 0.649 bits per heavy atom.